The van der Waals surface area contributed by atoms with Gasteiger partial charge in [-0.3, -0.25) is 4.18 Å². The van der Waals surface area contributed by atoms with Crippen molar-refractivity contribution in [1.82, 2.24) is 0 Å². The van der Waals surface area contributed by atoms with Gasteiger partial charge in [0.05, 0.1) is 17.6 Å². The molecule has 26 heavy (non-hydrogen) atoms. The van der Waals surface area contributed by atoms with E-state index >= 15 is 0 Å². The number of hydrogen-bond acceptors (Lipinski definition) is 6. The van der Waals surface area contributed by atoms with Gasteiger partial charge >= 0.3 is 0 Å². The van der Waals surface area contributed by atoms with E-state index in [9.17, 15) is 13.2 Å². The Hall–Kier alpha value is -1.06. The molecule has 0 amide bonds. The average molecular weight is 401 g/mol. The van der Waals surface area contributed by atoms with Gasteiger partial charge in [0, 0.05) is 0 Å². The number of rotatable bonds is 6. The molecule has 1 fully saturated rings. The molecule has 0 N–H and O–H groups in total. The molecule has 0 radical (unpaired) electrons. The van der Waals surface area contributed by atoms with Crippen molar-refractivity contribution >= 4 is 24.7 Å². The first kappa shape index (κ1) is 21.2. The minimum absolute atomic E-state index is 0.0470. The summed E-state index contributed by atoms with van der Waals surface area (Å²) in [4.78, 5) is 11.4. The van der Waals surface area contributed by atoms with Crippen LogP contribution in [0.3, 0.4) is 0 Å². The van der Waals surface area contributed by atoms with E-state index < -0.39 is 36.7 Å². The van der Waals surface area contributed by atoms with E-state index in [1.165, 1.54) is 12.1 Å². The monoisotopic (exact) mass is 400 g/mol. The van der Waals surface area contributed by atoms with Gasteiger partial charge in [0.1, 0.15) is 12.2 Å². The summed E-state index contributed by atoms with van der Waals surface area (Å²) in [5.74, 6) is 0. The van der Waals surface area contributed by atoms with E-state index in [0.29, 0.717) is 6.29 Å². The van der Waals surface area contributed by atoms with Crippen LogP contribution < -0.4 is 0 Å². The second-order valence-electron chi connectivity index (χ2n) is 8.18. The van der Waals surface area contributed by atoms with Crippen LogP contribution in [-0.2, 0) is 28.3 Å². The van der Waals surface area contributed by atoms with Crippen LogP contribution in [0.4, 0.5) is 0 Å². The Kier molecular flexibility index (Phi) is 6.14. The van der Waals surface area contributed by atoms with Crippen molar-refractivity contribution in [3.05, 3.63) is 29.8 Å². The standard InChI is InChI=1S/C18H28O6SSi/c1-13-7-9-14(10-8-13)25(20,21)23-17-15(11-19)22-12-16(17)24-26(5,6)18(2,3)4/h7-11,15-17H,12H2,1-6H3/t15-,16+,17+/m0/s1. The van der Waals surface area contributed by atoms with Crippen LogP contribution in [-0.4, -0.2) is 47.9 Å². The summed E-state index contributed by atoms with van der Waals surface area (Å²) < 4.78 is 42.4. The molecule has 2 rings (SSSR count). The fourth-order valence-electron chi connectivity index (χ4n) is 2.40. The highest BCUT2D eigenvalue weighted by molar-refractivity contribution is 7.86. The van der Waals surface area contributed by atoms with Crippen molar-refractivity contribution in [2.24, 2.45) is 0 Å². The summed E-state index contributed by atoms with van der Waals surface area (Å²) in [5, 5.41) is -0.0628. The van der Waals surface area contributed by atoms with Crippen molar-refractivity contribution in [1.29, 1.82) is 0 Å². The molecular weight excluding hydrogens is 372 g/mol. The normalized spacial score (nSPS) is 24.6. The van der Waals surface area contributed by atoms with Gasteiger partial charge in [-0.25, -0.2) is 0 Å². The highest BCUT2D eigenvalue weighted by atomic mass is 32.2. The summed E-state index contributed by atoms with van der Waals surface area (Å²) in [6.45, 7) is 12.4. The third kappa shape index (κ3) is 4.61. The van der Waals surface area contributed by atoms with E-state index in [0.717, 1.165) is 5.56 Å². The van der Waals surface area contributed by atoms with Crippen molar-refractivity contribution in [3.63, 3.8) is 0 Å². The van der Waals surface area contributed by atoms with E-state index in [4.69, 9.17) is 13.3 Å². The van der Waals surface area contributed by atoms with Crippen LogP contribution in [0, 0.1) is 6.92 Å². The quantitative estimate of drug-likeness (QED) is 0.415. The van der Waals surface area contributed by atoms with E-state index in [2.05, 4.69) is 33.9 Å². The van der Waals surface area contributed by atoms with Gasteiger partial charge in [0.15, 0.2) is 14.6 Å². The minimum Gasteiger partial charge on any atom is -0.409 e. The van der Waals surface area contributed by atoms with E-state index in [1.54, 1.807) is 12.1 Å². The molecule has 1 aromatic carbocycles. The molecule has 6 nitrogen and oxygen atoms in total. The van der Waals surface area contributed by atoms with E-state index in [1.807, 2.05) is 6.92 Å². The maximum absolute atomic E-state index is 12.6. The summed E-state index contributed by atoms with van der Waals surface area (Å²) in [7, 11) is -6.22. The largest absolute Gasteiger partial charge is 0.409 e. The summed E-state index contributed by atoms with van der Waals surface area (Å²) in [6.07, 6.45) is -1.99. The Morgan fingerprint density at radius 1 is 1.19 bits per heavy atom. The molecule has 0 aliphatic carbocycles. The first-order valence-corrected chi connectivity index (χ1v) is 12.9. The zero-order valence-corrected chi connectivity index (χ0v) is 18.0. The zero-order chi connectivity index (χ0) is 19.8. The Morgan fingerprint density at radius 2 is 1.77 bits per heavy atom. The molecule has 8 heteroatoms. The fraction of sp³-hybridized carbons (Fsp3) is 0.611. The van der Waals surface area contributed by atoms with Crippen molar-refractivity contribution in [2.75, 3.05) is 6.61 Å². The van der Waals surface area contributed by atoms with Crippen LogP contribution in [0.15, 0.2) is 29.2 Å². The second kappa shape index (κ2) is 7.51. The molecule has 0 aromatic heterocycles. The first-order valence-electron chi connectivity index (χ1n) is 8.62. The summed E-state index contributed by atoms with van der Waals surface area (Å²) >= 11 is 0. The van der Waals surface area contributed by atoms with Crippen molar-refractivity contribution < 1.29 is 26.6 Å². The predicted molar refractivity (Wildman–Crippen MR) is 101 cm³/mol. The molecule has 1 aliphatic heterocycles. The molecule has 1 saturated heterocycles. The number of hydrogen-bond donors (Lipinski definition) is 0. The molecule has 0 spiro atoms. The summed E-state index contributed by atoms with van der Waals surface area (Å²) in [5.41, 5.74) is 0.943. The van der Waals surface area contributed by atoms with Gasteiger partial charge in [-0.1, -0.05) is 38.5 Å². The van der Waals surface area contributed by atoms with Crippen LogP contribution in [0.1, 0.15) is 26.3 Å². The van der Waals surface area contributed by atoms with Crippen molar-refractivity contribution in [2.45, 2.75) is 69.0 Å². The number of carbonyl (C=O) groups excluding carboxylic acids is 1. The Morgan fingerprint density at radius 3 is 2.27 bits per heavy atom. The molecule has 3 atom stereocenters. The molecule has 1 heterocycles. The predicted octanol–water partition coefficient (Wildman–Crippen LogP) is 3.06. The number of aryl methyl sites for hydroxylation is 1. The third-order valence-corrected chi connectivity index (χ3v) is 10.9. The van der Waals surface area contributed by atoms with Crippen LogP contribution in [0.5, 0.6) is 0 Å². The topological polar surface area (TPSA) is 78.9 Å². The lowest BCUT2D eigenvalue weighted by atomic mass is 10.2. The third-order valence-electron chi connectivity index (χ3n) is 5.08. The minimum atomic E-state index is -4.03. The lowest BCUT2D eigenvalue weighted by Gasteiger charge is -2.39. The SMILES string of the molecule is Cc1ccc(S(=O)(=O)O[C@@H]2[C@H](C=O)OC[C@H]2O[Si](C)(C)C(C)(C)C)cc1. The van der Waals surface area contributed by atoms with Gasteiger partial charge in [0.25, 0.3) is 10.1 Å². The Labute approximate surface area is 157 Å². The van der Waals surface area contributed by atoms with Crippen LogP contribution in [0.2, 0.25) is 18.1 Å². The van der Waals surface area contributed by atoms with Gasteiger partial charge in [-0.2, -0.15) is 8.42 Å². The number of ether oxygens (including phenoxy) is 1. The molecular formula is C18H28O6SSi. The first-order chi connectivity index (χ1) is 11.9. The maximum Gasteiger partial charge on any atom is 0.297 e. The Bertz CT molecular complexity index is 736. The lowest BCUT2D eigenvalue weighted by Crippen LogP contribution is -2.48. The van der Waals surface area contributed by atoms with Gasteiger partial charge in [-0.15, -0.1) is 0 Å². The molecule has 1 aromatic rings. The molecule has 0 unspecified atom stereocenters. The molecule has 0 saturated carbocycles. The van der Waals surface area contributed by atoms with Gasteiger partial charge < -0.3 is 14.0 Å². The van der Waals surface area contributed by atoms with Crippen LogP contribution in [0.25, 0.3) is 0 Å². The van der Waals surface area contributed by atoms with E-state index in [-0.39, 0.29) is 16.5 Å². The second-order valence-corrected chi connectivity index (χ2v) is 14.5. The average Bonchev–Trinajstić information content (AvgIpc) is 2.87. The molecule has 146 valence electrons. The molecule has 0 bridgehead atoms. The lowest BCUT2D eigenvalue weighted by molar-refractivity contribution is -0.118. The summed E-state index contributed by atoms with van der Waals surface area (Å²) in [6, 6.07) is 6.37. The van der Waals surface area contributed by atoms with Gasteiger partial charge in [0.2, 0.25) is 0 Å². The fourth-order valence-corrected chi connectivity index (χ4v) is 4.82. The number of carbonyl (C=O) groups is 1. The smallest absolute Gasteiger partial charge is 0.297 e. The van der Waals surface area contributed by atoms with Gasteiger partial charge in [-0.05, 0) is 37.2 Å². The highest BCUT2D eigenvalue weighted by Gasteiger charge is 2.47. The maximum atomic E-state index is 12.6. The van der Waals surface area contributed by atoms with Crippen molar-refractivity contribution in [3.8, 4) is 0 Å². The highest BCUT2D eigenvalue weighted by Crippen LogP contribution is 2.39. The van der Waals surface area contributed by atoms with Crippen LogP contribution >= 0.6 is 0 Å². The number of benzene rings is 1. The Balaban J connectivity index is 2.25. The zero-order valence-electron chi connectivity index (χ0n) is 16.2. The molecule has 1 aliphatic rings. The number of aldehydes is 1.